The summed E-state index contributed by atoms with van der Waals surface area (Å²) in [6.45, 7) is 3.99. The molecule has 0 radical (unpaired) electrons. The van der Waals surface area contributed by atoms with E-state index in [2.05, 4.69) is 25.6 Å². The van der Waals surface area contributed by atoms with Crippen LogP contribution in [0.1, 0.15) is 36.9 Å². The first-order chi connectivity index (χ1) is 9.97. The number of tetrazole rings is 1. The third-order valence-corrected chi connectivity index (χ3v) is 4.06. The number of nitrogens with zero attached hydrogens (tertiary/aromatic N) is 4. The zero-order valence-electron chi connectivity index (χ0n) is 11.9. The van der Waals surface area contributed by atoms with Crippen LogP contribution in [0.3, 0.4) is 0 Å². The van der Waals surface area contributed by atoms with Gasteiger partial charge in [-0.2, -0.15) is 5.21 Å². The van der Waals surface area contributed by atoms with Crippen LogP contribution in [0.15, 0.2) is 6.20 Å². The summed E-state index contributed by atoms with van der Waals surface area (Å²) in [6.07, 6.45) is 2.70. The van der Waals surface area contributed by atoms with E-state index in [9.17, 15) is 9.90 Å². The number of aromatic amines is 1. The van der Waals surface area contributed by atoms with Gasteiger partial charge in [-0.3, -0.25) is 4.79 Å². The van der Waals surface area contributed by atoms with E-state index < -0.39 is 11.9 Å². The largest absolute Gasteiger partial charge is 0.481 e. The number of aromatic nitrogens is 5. The van der Waals surface area contributed by atoms with E-state index in [1.165, 1.54) is 11.3 Å². The first kappa shape index (κ1) is 15.4. The van der Waals surface area contributed by atoms with Gasteiger partial charge in [0.25, 0.3) is 0 Å². The molecule has 8 nitrogen and oxygen atoms in total. The standard InChI is InChI=1S/C12H18N6O2S/c1-6(2)3-9(11(19)20)8(10-15-17-18-16-10)4-7-5-14-12(13)21-7/h5-6,8-9H,3-4H2,1-2H3,(H2,13,14)(H,19,20)(H,15,16,17,18)/t8-,9-/m0/s1. The number of rotatable bonds is 7. The van der Waals surface area contributed by atoms with E-state index in [0.717, 1.165) is 4.88 Å². The molecule has 0 aliphatic rings. The highest BCUT2D eigenvalue weighted by molar-refractivity contribution is 7.15. The summed E-state index contributed by atoms with van der Waals surface area (Å²) in [4.78, 5) is 16.6. The molecule has 2 rings (SSSR count). The summed E-state index contributed by atoms with van der Waals surface area (Å²) in [5.74, 6) is -1.12. The number of carboxylic acids is 1. The Balaban J connectivity index is 2.28. The second kappa shape index (κ2) is 6.61. The van der Waals surface area contributed by atoms with Gasteiger partial charge < -0.3 is 10.8 Å². The Bertz CT molecular complexity index is 582. The molecule has 2 aromatic rings. The molecule has 0 bridgehead atoms. The van der Waals surface area contributed by atoms with Gasteiger partial charge in [-0.05, 0) is 18.8 Å². The Labute approximate surface area is 125 Å². The summed E-state index contributed by atoms with van der Waals surface area (Å²) in [6, 6.07) is 0. The maximum atomic E-state index is 11.6. The minimum absolute atomic E-state index is 0.257. The normalized spacial score (nSPS) is 14.2. The Hall–Kier alpha value is -2.03. The van der Waals surface area contributed by atoms with Gasteiger partial charge in [0.05, 0.1) is 5.92 Å². The van der Waals surface area contributed by atoms with Gasteiger partial charge in [0.15, 0.2) is 11.0 Å². The molecule has 0 aromatic carbocycles. The molecule has 114 valence electrons. The van der Waals surface area contributed by atoms with Crippen molar-refractivity contribution < 1.29 is 9.90 Å². The van der Waals surface area contributed by atoms with Crippen LogP contribution < -0.4 is 5.73 Å². The zero-order valence-corrected chi connectivity index (χ0v) is 12.7. The quantitative estimate of drug-likeness (QED) is 0.702. The SMILES string of the molecule is CC(C)C[C@H](C(=O)O)[C@H](Cc1cnc(N)s1)c1nn[nH]n1. The summed E-state index contributed by atoms with van der Waals surface area (Å²) < 4.78 is 0. The molecule has 0 unspecified atom stereocenters. The summed E-state index contributed by atoms with van der Waals surface area (Å²) >= 11 is 1.35. The van der Waals surface area contributed by atoms with Gasteiger partial charge >= 0.3 is 5.97 Å². The number of hydrogen-bond acceptors (Lipinski definition) is 7. The van der Waals surface area contributed by atoms with E-state index in [4.69, 9.17) is 5.73 Å². The predicted octanol–water partition coefficient (Wildman–Crippen LogP) is 1.31. The highest BCUT2D eigenvalue weighted by Gasteiger charge is 2.33. The molecule has 0 saturated heterocycles. The van der Waals surface area contributed by atoms with E-state index in [1.54, 1.807) is 6.20 Å². The zero-order chi connectivity index (χ0) is 15.4. The van der Waals surface area contributed by atoms with Crippen LogP contribution >= 0.6 is 11.3 Å². The van der Waals surface area contributed by atoms with E-state index in [1.807, 2.05) is 13.8 Å². The minimum Gasteiger partial charge on any atom is -0.481 e. The van der Waals surface area contributed by atoms with Crippen LogP contribution in [0.25, 0.3) is 0 Å². The van der Waals surface area contributed by atoms with Crippen molar-refractivity contribution in [1.29, 1.82) is 0 Å². The number of thiazole rings is 1. The lowest BCUT2D eigenvalue weighted by Gasteiger charge is -2.22. The number of carboxylic acid groups (broad SMARTS) is 1. The lowest BCUT2D eigenvalue weighted by molar-refractivity contribution is -0.143. The van der Waals surface area contributed by atoms with Crippen LogP contribution in [0.5, 0.6) is 0 Å². The summed E-state index contributed by atoms with van der Waals surface area (Å²) in [5.41, 5.74) is 5.63. The van der Waals surface area contributed by atoms with Crippen LogP contribution in [-0.4, -0.2) is 36.7 Å². The van der Waals surface area contributed by atoms with Crippen molar-refractivity contribution in [3.8, 4) is 0 Å². The van der Waals surface area contributed by atoms with E-state index in [0.29, 0.717) is 23.8 Å². The van der Waals surface area contributed by atoms with Gasteiger partial charge in [0.1, 0.15) is 0 Å². The van der Waals surface area contributed by atoms with Crippen LogP contribution in [0, 0.1) is 11.8 Å². The average molecular weight is 310 g/mol. The first-order valence-corrected chi connectivity index (χ1v) is 7.45. The van der Waals surface area contributed by atoms with E-state index >= 15 is 0 Å². The van der Waals surface area contributed by atoms with Crippen molar-refractivity contribution in [1.82, 2.24) is 25.6 Å². The number of hydrogen-bond donors (Lipinski definition) is 3. The smallest absolute Gasteiger partial charge is 0.307 e. The summed E-state index contributed by atoms with van der Waals surface area (Å²) in [5, 5.41) is 23.9. The molecule has 4 N–H and O–H groups in total. The lowest BCUT2D eigenvalue weighted by Crippen LogP contribution is -2.26. The fourth-order valence-electron chi connectivity index (χ4n) is 2.32. The summed E-state index contributed by atoms with van der Waals surface area (Å²) in [7, 11) is 0. The maximum Gasteiger partial charge on any atom is 0.307 e. The number of carbonyl (C=O) groups is 1. The lowest BCUT2D eigenvalue weighted by atomic mass is 9.82. The fourth-order valence-corrected chi connectivity index (χ4v) is 3.06. The van der Waals surface area contributed by atoms with E-state index in [-0.39, 0.29) is 11.8 Å². The second-order valence-corrected chi connectivity index (χ2v) is 6.47. The predicted molar refractivity (Wildman–Crippen MR) is 77.7 cm³/mol. The third kappa shape index (κ3) is 3.97. The third-order valence-electron chi connectivity index (χ3n) is 3.21. The number of H-pyrrole nitrogens is 1. The number of anilines is 1. The molecule has 9 heteroatoms. The first-order valence-electron chi connectivity index (χ1n) is 6.63. The average Bonchev–Trinajstić information content (AvgIpc) is 3.04. The maximum absolute atomic E-state index is 11.6. The Morgan fingerprint density at radius 1 is 1.52 bits per heavy atom. The van der Waals surface area contributed by atoms with Gasteiger partial charge in [0.2, 0.25) is 0 Å². The molecule has 0 spiro atoms. The van der Waals surface area contributed by atoms with Gasteiger partial charge in [0, 0.05) is 17.0 Å². The fraction of sp³-hybridized carbons (Fsp3) is 0.583. The number of nitrogens with one attached hydrogen (secondary N) is 1. The molecule has 2 aromatic heterocycles. The topological polar surface area (TPSA) is 131 Å². The Morgan fingerprint density at radius 3 is 2.76 bits per heavy atom. The number of nitrogens with two attached hydrogens (primary N) is 1. The van der Waals surface area contributed by atoms with Crippen molar-refractivity contribution in [2.24, 2.45) is 11.8 Å². The number of aliphatic carboxylic acids is 1. The van der Waals surface area contributed by atoms with Crippen molar-refractivity contribution in [2.75, 3.05) is 5.73 Å². The molecule has 2 atom stereocenters. The molecule has 0 fully saturated rings. The van der Waals surface area contributed by atoms with Gasteiger partial charge in [-0.1, -0.05) is 19.1 Å². The minimum atomic E-state index is -0.851. The molecule has 0 amide bonds. The second-order valence-electron chi connectivity index (χ2n) is 5.32. The highest BCUT2D eigenvalue weighted by Crippen LogP contribution is 2.32. The highest BCUT2D eigenvalue weighted by atomic mass is 32.1. The van der Waals surface area contributed by atoms with Crippen molar-refractivity contribution in [2.45, 2.75) is 32.6 Å². The molecule has 2 heterocycles. The van der Waals surface area contributed by atoms with Gasteiger partial charge in [-0.25, -0.2) is 4.98 Å². The molecule has 0 aliphatic carbocycles. The van der Waals surface area contributed by atoms with Crippen LogP contribution in [0.2, 0.25) is 0 Å². The molecule has 0 saturated carbocycles. The van der Waals surface area contributed by atoms with Crippen LogP contribution in [0.4, 0.5) is 5.13 Å². The van der Waals surface area contributed by atoms with Crippen LogP contribution in [-0.2, 0) is 11.2 Å². The van der Waals surface area contributed by atoms with Crippen molar-refractivity contribution in [3.63, 3.8) is 0 Å². The van der Waals surface area contributed by atoms with Crippen molar-refractivity contribution in [3.05, 3.63) is 16.9 Å². The molecule has 21 heavy (non-hydrogen) atoms. The van der Waals surface area contributed by atoms with Crippen molar-refractivity contribution >= 4 is 22.4 Å². The Morgan fingerprint density at radius 2 is 2.29 bits per heavy atom. The molecular formula is C12H18N6O2S. The Kier molecular flexibility index (Phi) is 4.84. The molecular weight excluding hydrogens is 292 g/mol. The molecule has 0 aliphatic heterocycles. The van der Waals surface area contributed by atoms with Gasteiger partial charge in [-0.15, -0.1) is 21.5 Å². The monoisotopic (exact) mass is 310 g/mol. The number of nitrogen functional groups attached to an aromatic ring is 1.